The van der Waals surface area contributed by atoms with E-state index in [9.17, 15) is 13.2 Å². The Kier molecular flexibility index (Phi) is 2.61. The SMILES string of the molecule is O=Cc1ccc([C@@H]2CCS(=O)(=O)C2)cc1. The summed E-state index contributed by atoms with van der Waals surface area (Å²) in [5.74, 6) is 0.635. The number of carbonyl (C=O) groups excluding carboxylic acids is 1. The molecule has 0 saturated carbocycles. The summed E-state index contributed by atoms with van der Waals surface area (Å²) in [5.41, 5.74) is 1.64. The molecule has 0 bridgehead atoms. The molecule has 4 heteroatoms. The van der Waals surface area contributed by atoms with E-state index in [-0.39, 0.29) is 17.4 Å². The molecule has 1 aliphatic rings. The van der Waals surface area contributed by atoms with Gasteiger partial charge in [0, 0.05) is 5.56 Å². The second-order valence-electron chi connectivity index (χ2n) is 3.88. The van der Waals surface area contributed by atoms with Gasteiger partial charge in [0.2, 0.25) is 0 Å². The van der Waals surface area contributed by atoms with Gasteiger partial charge >= 0.3 is 0 Å². The van der Waals surface area contributed by atoms with Crippen LogP contribution in [-0.4, -0.2) is 26.2 Å². The van der Waals surface area contributed by atoms with E-state index in [1.165, 1.54) is 0 Å². The third-order valence-corrected chi connectivity index (χ3v) is 4.54. The minimum atomic E-state index is -2.83. The molecule has 0 amide bonds. The number of hydrogen-bond donors (Lipinski definition) is 0. The highest BCUT2D eigenvalue weighted by molar-refractivity contribution is 7.91. The van der Waals surface area contributed by atoms with Gasteiger partial charge in [0.05, 0.1) is 11.5 Å². The van der Waals surface area contributed by atoms with Gasteiger partial charge in [-0.1, -0.05) is 24.3 Å². The van der Waals surface area contributed by atoms with Crippen LogP contribution in [0.3, 0.4) is 0 Å². The summed E-state index contributed by atoms with van der Waals surface area (Å²) in [6, 6.07) is 7.14. The van der Waals surface area contributed by atoms with Crippen molar-refractivity contribution in [2.24, 2.45) is 0 Å². The standard InChI is InChI=1S/C11H12O3S/c12-7-9-1-3-10(4-2-9)11-5-6-15(13,14)8-11/h1-4,7,11H,5-6,8H2/t11-/m1/s1. The van der Waals surface area contributed by atoms with Crippen molar-refractivity contribution in [2.45, 2.75) is 12.3 Å². The molecule has 1 atom stereocenters. The maximum absolute atomic E-state index is 11.3. The first-order chi connectivity index (χ1) is 7.11. The minimum absolute atomic E-state index is 0.107. The summed E-state index contributed by atoms with van der Waals surface area (Å²) in [7, 11) is -2.83. The molecule has 0 aromatic heterocycles. The molecule has 80 valence electrons. The molecule has 1 aromatic rings. The molecular weight excluding hydrogens is 212 g/mol. The second kappa shape index (κ2) is 3.77. The molecule has 0 spiro atoms. The Hall–Kier alpha value is -1.16. The number of hydrogen-bond acceptors (Lipinski definition) is 3. The summed E-state index contributed by atoms with van der Waals surface area (Å²) >= 11 is 0. The Balaban J connectivity index is 2.21. The van der Waals surface area contributed by atoms with Crippen LogP contribution in [0.15, 0.2) is 24.3 Å². The number of benzene rings is 1. The van der Waals surface area contributed by atoms with E-state index in [0.29, 0.717) is 12.0 Å². The predicted octanol–water partition coefficient (Wildman–Crippen LogP) is 1.40. The Bertz CT molecular complexity index is 459. The molecule has 15 heavy (non-hydrogen) atoms. The van der Waals surface area contributed by atoms with E-state index in [2.05, 4.69) is 0 Å². The zero-order valence-electron chi connectivity index (χ0n) is 8.22. The zero-order chi connectivity index (χ0) is 10.9. The van der Waals surface area contributed by atoms with Gasteiger partial charge in [0.15, 0.2) is 9.84 Å². The quantitative estimate of drug-likeness (QED) is 0.713. The molecule has 1 aliphatic heterocycles. The van der Waals surface area contributed by atoms with Crippen LogP contribution in [0.4, 0.5) is 0 Å². The van der Waals surface area contributed by atoms with Crippen LogP contribution < -0.4 is 0 Å². The van der Waals surface area contributed by atoms with E-state index >= 15 is 0 Å². The fraction of sp³-hybridized carbons (Fsp3) is 0.364. The third kappa shape index (κ3) is 2.26. The number of aldehydes is 1. The lowest BCUT2D eigenvalue weighted by Gasteiger charge is -2.07. The fourth-order valence-electron chi connectivity index (χ4n) is 1.90. The third-order valence-electron chi connectivity index (χ3n) is 2.78. The average molecular weight is 224 g/mol. The van der Waals surface area contributed by atoms with E-state index < -0.39 is 9.84 Å². The number of rotatable bonds is 2. The van der Waals surface area contributed by atoms with Crippen molar-refractivity contribution in [3.63, 3.8) is 0 Å². The molecule has 1 saturated heterocycles. The van der Waals surface area contributed by atoms with Gasteiger partial charge in [-0.3, -0.25) is 4.79 Å². The Morgan fingerprint density at radius 1 is 1.20 bits per heavy atom. The van der Waals surface area contributed by atoms with Crippen molar-refractivity contribution in [3.05, 3.63) is 35.4 Å². The zero-order valence-corrected chi connectivity index (χ0v) is 9.03. The molecular formula is C11H12O3S. The topological polar surface area (TPSA) is 51.2 Å². The van der Waals surface area contributed by atoms with Crippen LogP contribution in [0.25, 0.3) is 0 Å². The largest absolute Gasteiger partial charge is 0.298 e. The monoisotopic (exact) mass is 224 g/mol. The maximum atomic E-state index is 11.3. The summed E-state index contributed by atoms with van der Waals surface area (Å²) in [6.07, 6.45) is 1.48. The van der Waals surface area contributed by atoms with Gasteiger partial charge in [-0.15, -0.1) is 0 Å². The van der Waals surface area contributed by atoms with Gasteiger partial charge in [-0.2, -0.15) is 0 Å². The molecule has 1 fully saturated rings. The summed E-state index contributed by atoms with van der Waals surface area (Å²) in [6.45, 7) is 0. The summed E-state index contributed by atoms with van der Waals surface area (Å²) in [5, 5.41) is 0. The van der Waals surface area contributed by atoms with Crippen molar-refractivity contribution in [2.75, 3.05) is 11.5 Å². The Labute approximate surface area is 89.0 Å². The molecule has 3 nitrogen and oxygen atoms in total. The van der Waals surface area contributed by atoms with Gasteiger partial charge in [-0.25, -0.2) is 8.42 Å². The molecule has 1 aromatic carbocycles. The highest BCUT2D eigenvalue weighted by atomic mass is 32.2. The Morgan fingerprint density at radius 2 is 1.87 bits per heavy atom. The minimum Gasteiger partial charge on any atom is -0.298 e. The summed E-state index contributed by atoms with van der Waals surface area (Å²) in [4.78, 5) is 10.4. The second-order valence-corrected chi connectivity index (χ2v) is 6.11. The number of carbonyl (C=O) groups is 1. The maximum Gasteiger partial charge on any atom is 0.150 e. The van der Waals surface area contributed by atoms with E-state index in [1.54, 1.807) is 12.1 Å². The van der Waals surface area contributed by atoms with Crippen molar-refractivity contribution in [1.82, 2.24) is 0 Å². The van der Waals surface area contributed by atoms with E-state index in [0.717, 1.165) is 11.8 Å². The van der Waals surface area contributed by atoms with Crippen LogP contribution in [0.5, 0.6) is 0 Å². The average Bonchev–Trinajstić information content (AvgIpc) is 2.59. The first-order valence-electron chi connectivity index (χ1n) is 4.86. The first kappa shape index (κ1) is 10.4. The highest BCUT2D eigenvalue weighted by Crippen LogP contribution is 2.28. The molecule has 0 N–H and O–H groups in total. The Morgan fingerprint density at radius 3 is 2.33 bits per heavy atom. The normalized spacial score (nSPS) is 23.9. The van der Waals surface area contributed by atoms with Crippen LogP contribution in [-0.2, 0) is 9.84 Å². The predicted molar refractivity (Wildman–Crippen MR) is 57.8 cm³/mol. The van der Waals surface area contributed by atoms with Crippen molar-refractivity contribution >= 4 is 16.1 Å². The molecule has 1 heterocycles. The van der Waals surface area contributed by atoms with Crippen LogP contribution >= 0.6 is 0 Å². The lowest BCUT2D eigenvalue weighted by atomic mass is 9.98. The van der Waals surface area contributed by atoms with Gasteiger partial charge in [0.25, 0.3) is 0 Å². The van der Waals surface area contributed by atoms with Crippen molar-refractivity contribution < 1.29 is 13.2 Å². The summed E-state index contributed by atoms with van der Waals surface area (Å²) < 4.78 is 22.6. The molecule has 2 rings (SSSR count). The molecule has 0 unspecified atom stereocenters. The molecule has 0 aliphatic carbocycles. The van der Waals surface area contributed by atoms with Gasteiger partial charge in [0.1, 0.15) is 6.29 Å². The van der Waals surface area contributed by atoms with Crippen LogP contribution in [0.1, 0.15) is 28.3 Å². The smallest absolute Gasteiger partial charge is 0.150 e. The first-order valence-corrected chi connectivity index (χ1v) is 6.68. The van der Waals surface area contributed by atoms with E-state index in [4.69, 9.17) is 0 Å². The van der Waals surface area contributed by atoms with Crippen LogP contribution in [0.2, 0.25) is 0 Å². The van der Waals surface area contributed by atoms with Crippen molar-refractivity contribution in [1.29, 1.82) is 0 Å². The van der Waals surface area contributed by atoms with E-state index in [1.807, 2.05) is 12.1 Å². The lowest BCUT2D eigenvalue weighted by Crippen LogP contribution is -2.03. The van der Waals surface area contributed by atoms with Gasteiger partial charge in [-0.05, 0) is 17.9 Å². The van der Waals surface area contributed by atoms with Crippen molar-refractivity contribution in [3.8, 4) is 0 Å². The van der Waals surface area contributed by atoms with Crippen LogP contribution in [0, 0.1) is 0 Å². The number of sulfone groups is 1. The highest BCUT2D eigenvalue weighted by Gasteiger charge is 2.28. The fourth-order valence-corrected chi connectivity index (χ4v) is 3.69. The van der Waals surface area contributed by atoms with Gasteiger partial charge < -0.3 is 0 Å². The lowest BCUT2D eigenvalue weighted by molar-refractivity contribution is 0.112. The molecule has 0 radical (unpaired) electrons.